The van der Waals surface area contributed by atoms with Gasteiger partial charge in [-0.3, -0.25) is 4.79 Å². The summed E-state index contributed by atoms with van der Waals surface area (Å²) in [6.07, 6.45) is 0. The molecule has 0 aliphatic carbocycles. The number of likely N-dealkylation sites (N-methyl/N-ethyl adjacent to an activating group) is 1. The Balaban J connectivity index is 1.63. The van der Waals surface area contributed by atoms with Crippen LogP contribution in [0.3, 0.4) is 0 Å². The Morgan fingerprint density at radius 3 is 2.38 bits per heavy atom. The Morgan fingerprint density at radius 1 is 1.07 bits per heavy atom. The van der Waals surface area contributed by atoms with Gasteiger partial charge in [-0.15, -0.1) is 0 Å². The van der Waals surface area contributed by atoms with Gasteiger partial charge in [0.1, 0.15) is 17.4 Å². The SMILES string of the molecule is CCN1CCN(c2ccc(F)cc2C(C)NC(=O)COc2ccc(F)cc2)CC1. The third-order valence-electron chi connectivity index (χ3n) is 5.18. The van der Waals surface area contributed by atoms with Crippen molar-refractivity contribution in [1.82, 2.24) is 10.2 Å². The van der Waals surface area contributed by atoms with Crippen molar-refractivity contribution in [3.8, 4) is 5.75 Å². The van der Waals surface area contributed by atoms with Gasteiger partial charge in [0.2, 0.25) is 0 Å². The molecule has 2 aromatic rings. The Kier molecular flexibility index (Phi) is 7.04. The molecule has 7 heteroatoms. The normalized spacial score (nSPS) is 15.8. The Bertz CT molecular complexity index is 821. The molecule has 5 nitrogen and oxygen atoms in total. The fraction of sp³-hybridized carbons (Fsp3) is 0.409. The Labute approximate surface area is 170 Å². The van der Waals surface area contributed by atoms with E-state index in [2.05, 4.69) is 22.0 Å². The molecule has 1 N–H and O–H groups in total. The number of halogens is 2. The Morgan fingerprint density at radius 2 is 1.72 bits per heavy atom. The maximum absolute atomic E-state index is 13.9. The number of rotatable bonds is 7. The molecule has 156 valence electrons. The lowest BCUT2D eigenvalue weighted by Gasteiger charge is -2.37. The van der Waals surface area contributed by atoms with Crippen LogP contribution in [-0.2, 0) is 4.79 Å². The van der Waals surface area contributed by atoms with E-state index >= 15 is 0 Å². The molecule has 1 unspecified atom stereocenters. The van der Waals surface area contributed by atoms with Crippen LogP contribution in [0.5, 0.6) is 5.75 Å². The van der Waals surface area contributed by atoms with E-state index in [-0.39, 0.29) is 30.2 Å². The highest BCUT2D eigenvalue weighted by Crippen LogP contribution is 2.28. The summed E-state index contributed by atoms with van der Waals surface area (Å²) in [7, 11) is 0. The summed E-state index contributed by atoms with van der Waals surface area (Å²) in [5, 5.41) is 2.86. The van der Waals surface area contributed by atoms with Gasteiger partial charge in [0.05, 0.1) is 6.04 Å². The third kappa shape index (κ3) is 5.67. The molecule has 1 heterocycles. The topological polar surface area (TPSA) is 44.8 Å². The minimum atomic E-state index is -0.380. The predicted octanol–water partition coefficient (Wildman–Crippen LogP) is 3.36. The van der Waals surface area contributed by atoms with E-state index in [1.807, 2.05) is 6.92 Å². The molecule has 1 saturated heterocycles. The first-order valence-electron chi connectivity index (χ1n) is 9.90. The molecule has 0 spiro atoms. The summed E-state index contributed by atoms with van der Waals surface area (Å²) < 4.78 is 32.3. The molecule has 0 aromatic heterocycles. The van der Waals surface area contributed by atoms with Crippen LogP contribution in [0.4, 0.5) is 14.5 Å². The molecule has 3 rings (SSSR count). The van der Waals surface area contributed by atoms with E-state index in [9.17, 15) is 13.6 Å². The van der Waals surface area contributed by atoms with Crippen molar-refractivity contribution in [3.05, 3.63) is 59.7 Å². The number of amides is 1. The van der Waals surface area contributed by atoms with Crippen molar-refractivity contribution in [2.75, 3.05) is 44.2 Å². The molecular weight excluding hydrogens is 376 g/mol. The maximum Gasteiger partial charge on any atom is 0.258 e. The quantitative estimate of drug-likeness (QED) is 0.770. The summed E-state index contributed by atoms with van der Waals surface area (Å²) in [5.74, 6) is -0.615. The summed E-state index contributed by atoms with van der Waals surface area (Å²) in [6.45, 7) is 8.43. The number of piperazine rings is 1. The first kappa shape index (κ1) is 21.0. The van der Waals surface area contributed by atoms with Gasteiger partial charge in [-0.25, -0.2) is 8.78 Å². The molecule has 0 radical (unpaired) electrons. The molecule has 1 aliphatic heterocycles. The van der Waals surface area contributed by atoms with Crippen LogP contribution < -0.4 is 15.0 Å². The van der Waals surface area contributed by atoms with Crippen LogP contribution in [0, 0.1) is 11.6 Å². The Hall–Kier alpha value is -2.67. The number of ether oxygens (including phenoxy) is 1. The molecule has 1 amide bonds. The molecule has 0 bridgehead atoms. The zero-order valence-electron chi connectivity index (χ0n) is 16.8. The van der Waals surface area contributed by atoms with Gasteiger partial charge in [0.25, 0.3) is 5.91 Å². The lowest BCUT2D eigenvalue weighted by molar-refractivity contribution is -0.123. The third-order valence-corrected chi connectivity index (χ3v) is 5.18. The average molecular weight is 403 g/mol. The van der Waals surface area contributed by atoms with Gasteiger partial charge >= 0.3 is 0 Å². The summed E-state index contributed by atoms with van der Waals surface area (Å²) in [5.41, 5.74) is 1.68. The van der Waals surface area contributed by atoms with Gasteiger partial charge in [-0.05, 0) is 55.9 Å². The van der Waals surface area contributed by atoms with E-state index in [1.165, 1.54) is 36.4 Å². The minimum absolute atomic E-state index is 0.199. The maximum atomic E-state index is 13.9. The zero-order chi connectivity index (χ0) is 20.8. The summed E-state index contributed by atoms with van der Waals surface area (Å²) in [4.78, 5) is 16.9. The second-order valence-electron chi connectivity index (χ2n) is 7.16. The van der Waals surface area contributed by atoms with Crippen LogP contribution in [0.25, 0.3) is 0 Å². The second-order valence-corrected chi connectivity index (χ2v) is 7.16. The fourth-order valence-electron chi connectivity index (χ4n) is 3.51. The number of hydrogen-bond acceptors (Lipinski definition) is 4. The second kappa shape index (κ2) is 9.69. The molecule has 1 fully saturated rings. The van der Waals surface area contributed by atoms with Crippen LogP contribution in [0.2, 0.25) is 0 Å². The smallest absolute Gasteiger partial charge is 0.258 e. The number of carbonyl (C=O) groups is 1. The van der Waals surface area contributed by atoms with Crippen LogP contribution in [0.1, 0.15) is 25.5 Å². The number of anilines is 1. The number of nitrogens with one attached hydrogen (secondary N) is 1. The van der Waals surface area contributed by atoms with Gasteiger partial charge in [-0.2, -0.15) is 0 Å². The minimum Gasteiger partial charge on any atom is -0.484 e. The van der Waals surface area contributed by atoms with Crippen molar-refractivity contribution in [1.29, 1.82) is 0 Å². The van der Waals surface area contributed by atoms with Crippen molar-refractivity contribution < 1.29 is 18.3 Å². The molecule has 29 heavy (non-hydrogen) atoms. The molecule has 2 aromatic carbocycles. The number of carbonyl (C=O) groups excluding carboxylic acids is 1. The standard InChI is InChI=1S/C22H27F2N3O2/c1-3-26-10-12-27(13-11-26)21-9-6-18(24)14-20(21)16(2)25-22(28)15-29-19-7-4-17(23)5-8-19/h4-9,14,16H,3,10-13,15H2,1-2H3,(H,25,28). The van der Waals surface area contributed by atoms with Crippen molar-refractivity contribution >= 4 is 11.6 Å². The first-order chi connectivity index (χ1) is 14.0. The highest BCUT2D eigenvalue weighted by atomic mass is 19.1. The van der Waals surface area contributed by atoms with Crippen molar-refractivity contribution in [2.24, 2.45) is 0 Å². The fourth-order valence-corrected chi connectivity index (χ4v) is 3.51. The number of nitrogens with zero attached hydrogens (tertiary/aromatic N) is 2. The summed E-state index contributed by atoms with van der Waals surface area (Å²) >= 11 is 0. The average Bonchev–Trinajstić information content (AvgIpc) is 2.73. The summed E-state index contributed by atoms with van der Waals surface area (Å²) in [6, 6.07) is 9.81. The predicted molar refractivity (Wildman–Crippen MR) is 109 cm³/mol. The largest absolute Gasteiger partial charge is 0.484 e. The molecule has 0 saturated carbocycles. The van der Waals surface area contributed by atoms with Gasteiger partial charge in [0.15, 0.2) is 6.61 Å². The highest BCUT2D eigenvalue weighted by molar-refractivity contribution is 5.78. The van der Waals surface area contributed by atoms with E-state index in [0.717, 1.165) is 44.0 Å². The van der Waals surface area contributed by atoms with E-state index in [1.54, 1.807) is 6.07 Å². The monoisotopic (exact) mass is 403 g/mol. The van der Waals surface area contributed by atoms with E-state index in [4.69, 9.17) is 4.74 Å². The van der Waals surface area contributed by atoms with Crippen molar-refractivity contribution in [2.45, 2.75) is 19.9 Å². The molecule has 1 aliphatic rings. The highest BCUT2D eigenvalue weighted by Gasteiger charge is 2.22. The van der Waals surface area contributed by atoms with Crippen LogP contribution in [-0.4, -0.2) is 50.1 Å². The molecule has 1 atom stereocenters. The van der Waals surface area contributed by atoms with E-state index in [0.29, 0.717) is 5.75 Å². The van der Waals surface area contributed by atoms with Gasteiger partial charge < -0.3 is 19.9 Å². The van der Waals surface area contributed by atoms with Gasteiger partial charge in [0, 0.05) is 37.4 Å². The number of benzene rings is 2. The number of hydrogen-bond donors (Lipinski definition) is 1. The zero-order valence-corrected chi connectivity index (χ0v) is 16.8. The van der Waals surface area contributed by atoms with E-state index < -0.39 is 0 Å². The lowest BCUT2D eigenvalue weighted by atomic mass is 10.0. The van der Waals surface area contributed by atoms with Crippen LogP contribution in [0.15, 0.2) is 42.5 Å². The van der Waals surface area contributed by atoms with Gasteiger partial charge in [-0.1, -0.05) is 6.92 Å². The van der Waals surface area contributed by atoms with Crippen molar-refractivity contribution in [3.63, 3.8) is 0 Å². The lowest BCUT2D eigenvalue weighted by Crippen LogP contribution is -2.46. The molecular formula is C22H27F2N3O2. The first-order valence-corrected chi connectivity index (χ1v) is 9.90. The van der Waals surface area contributed by atoms with Crippen LogP contribution >= 0.6 is 0 Å².